The van der Waals surface area contributed by atoms with Gasteiger partial charge in [-0.2, -0.15) is 0 Å². The van der Waals surface area contributed by atoms with E-state index < -0.39 is 0 Å². The molecule has 0 aromatic rings. The molecule has 0 fully saturated rings. The van der Waals surface area contributed by atoms with Crippen molar-refractivity contribution in [1.82, 2.24) is 5.32 Å². The first-order chi connectivity index (χ1) is 3.18. The molecule has 0 aliphatic carbocycles. The Morgan fingerprint density at radius 3 is 2.29 bits per heavy atom. The van der Waals surface area contributed by atoms with Crippen molar-refractivity contribution >= 4 is 5.91 Å². The summed E-state index contributed by atoms with van der Waals surface area (Å²) >= 11 is 0. The first kappa shape index (κ1) is 6.47. The van der Waals surface area contributed by atoms with Gasteiger partial charge in [-0.3, -0.25) is 4.79 Å². The minimum absolute atomic E-state index is 0.0139. The molecule has 7 heavy (non-hydrogen) atoms. The molecule has 41 valence electrons. The van der Waals surface area contributed by atoms with Crippen molar-refractivity contribution in [3.8, 4) is 0 Å². The van der Waals surface area contributed by atoms with E-state index in [9.17, 15) is 4.79 Å². The lowest BCUT2D eigenvalue weighted by molar-refractivity contribution is -0.122. The van der Waals surface area contributed by atoms with E-state index in [2.05, 4.69) is 12.2 Å². The fourth-order valence-corrected chi connectivity index (χ4v) is 0.246. The molecule has 2 nitrogen and oxygen atoms in total. The standard InChI is InChI=1S/C5H10NO/c1-4(2)5(7)6-3/h4H,1H2,2-3H3,(H,6,7). The van der Waals surface area contributed by atoms with E-state index in [1.807, 2.05) is 0 Å². The third-order valence-corrected chi connectivity index (χ3v) is 0.694. The molecule has 0 aromatic heterocycles. The van der Waals surface area contributed by atoms with Gasteiger partial charge in [0.15, 0.2) is 0 Å². The molecular formula is C5H10NO. The minimum Gasteiger partial charge on any atom is -0.359 e. The molecule has 0 spiro atoms. The van der Waals surface area contributed by atoms with Crippen LogP contribution in [0.1, 0.15) is 6.92 Å². The summed E-state index contributed by atoms with van der Waals surface area (Å²) in [4.78, 5) is 10.3. The van der Waals surface area contributed by atoms with E-state index in [1.165, 1.54) is 0 Å². The van der Waals surface area contributed by atoms with Gasteiger partial charge < -0.3 is 5.32 Å². The van der Waals surface area contributed by atoms with Gasteiger partial charge in [0.2, 0.25) is 5.91 Å². The SMILES string of the molecule is [CH2]C(C)C(=O)NC. The van der Waals surface area contributed by atoms with Crippen LogP contribution >= 0.6 is 0 Å². The lowest BCUT2D eigenvalue weighted by Crippen LogP contribution is -2.23. The Labute approximate surface area is 43.9 Å². The Bertz CT molecular complexity index is 68.5. The van der Waals surface area contributed by atoms with E-state index in [0.29, 0.717) is 0 Å². The van der Waals surface area contributed by atoms with Crippen LogP contribution in [-0.4, -0.2) is 13.0 Å². The zero-order valence-corrected chi connectivity index (χ0v) is 4.69. The quantitative estimate of drug-likeness (QED) is 0.501. The number of rotatable bonds is 1. The lowest BCUT2D eigenvalue weighted by Gasteiger charge is -1.98. The lowest BCUT2D eigenvalue weighted by atomic mass is 10.2. The largest absolute Gasteiger partial charge is 0.359 e. The van der Waals surface area contributed by atoms with Crippen molar-refractivity contribution in [3.05, 3.63) is 6.92 Å². The van der Waals surface area contributed by atoms with Gasteiger partial charge in [-0.25, -0.2) is 0 Å². The second-order valence-corrected chi connectivity index (χ2v) is 1.52. The van der Waals surface area contributed by atoms with Crippen LogP contribution in [0.5, 0.6) is 0 Å². The maximum atomic E-state index is 10.3. The fraction of sp³-hybridized carbons (Fsp3) is 0.600. The Hall–Kier alpha value is -0.530. The van der Waals surface area contributed by atoms with E-state index in [1.54, 1.807) is 14.0 Å². The molecule has 0 bridgehead atoms. The molecule has 0 aliphatic rings. The van der Waals surface area contributed by atoms with Crippen LogP contribution in [0.2, 0.25) is 0 Å². The highest BCUT2D eigenvalue weighted by atomic mass is 16.1. The van der Waals surface area contributed by atoms with Crippen molar-refractivity contribution in [2.45, 2.75) is 6.92 Å². The highest BCUT2D eigenvalue weighted by Gasteiger charge is 2.00. The smallest absolute Gasteiger partial charge is 0.222 e. The highest BCUT2D eigenvalue weighted by molar-refractivity contribution is 5.78. The van der Waals surface area contributed by atoms with Crippen molar-refractivity contribution in [2.75, 3.05) is 7.05 Å². The first-order valence-electron chi connectivity index (χ1n) is 2.23. The summed E-state index contributed by atoms with van der Waals surface area (Å²) in [6.45, 7) is 5.25. The second kappa shape index (κ2) is 2.61. The summed E-state index contributed by atoms with van der Waals surface area (Å²) in [6, 6.07) is 0. The maximum Gasteiger partial charge on any atom is 0.222 e. The second-order valence-electron chi connectivity index (χ2n) is 1.52. The molecule has 0 aromatic carbocycles. The fourth-order valence-electron chi connectivity index (χ4n) is 0.246. The normalized spacial score (nSPS) is 9.14. The monoisotopic (exact) mass is 100 g/mol. The number of carbonyl (C=O) groups excluding carboxylic acids is 1. The number of carbonyl (C=O) groups is 1. The number of nitrogens with one attached hydrogen (secondary N) is 1. The molecule has 0 saturated carbocycles. The molecule has 1 radical (unpaired) electrons. The highest BCUT2D eigenvalue weighted by Crippen LogP contribution is 1.86. The summed E-state index contributed by atoms with van der Waals surface area (Å²) in [5.74, 6) is -0.148. The van der Waals surface area contributed by atoms with Crippen molar-refractivity contribution < 1.29 is 4.79 Å². The molecular weight excluding hydrogens is 90.1 g/mol. The summed E-state index contributed by atoms with van der Waals surface area (Å²) in [5.41, 5.74) is 0. The zero-order chi connectivity index (χ0) is 5.86. The number of amides is 1. The summed E-state index contributed by atoms with van der Waals surface area (Å²) in [7, 11) is 1.60. The Morgan fingerprint density at radius 1 is 1.86 bits per heavy atom. The van der Waals surface area contributed by atoms with Gasteiger partial charge >= 0.3 is 0 Å². The Morgan fingerprint density at radius 2 is 2.29 bits per heavy atom. The summed E-state index contributed by atoms with van der Waals surface area (Å²) in [6.07, 6.45) is 0. The number of hydrogen-bond acceptors (Lipinski definition) is 1. The van der Waals surface area contributed by atoms with E-state index in [0.717, 1.165) is 0 Å². The third kappa shape index (κ3) is 2.20. The summed E-state index contributed by atoms with van der Waals surface area (Å²) < 4.78 is 0. The van der Waals surface area contributed by atoms with Crippen LogP contribution in [-0.2, 0) is 4.79 Å². The molecule has 1 unspecified atom stereocenters. The van der Waals surface area contributed by atoms with Crippen molar-refractivity contribution in [1.29, 1.82) is 0 Å². The van der Waals surface area contributed by atoms with Gasteiger partial charge in [0.25, 0.3) is 0 Å². The van der Waals surface area contributed by atoms with Gasteiger partial charge in [-0.15, -0.1) is 0 Å². The van der Waals surface area contributed by atoms with Crippen LogP contribution in [0.3, 0.4) is 0 Å². The van der Waals surface area contributed by atoms with Gasteiger partial charge in [0.1, 0.15) is 0 Å². The predicted octanol–water partition coefficient (Wildman–Crippen LogP) is 0.203. The van der Waals surface area contributed by atoms with Crippen LogP contribution < -0.4 is 5.32 Å². The molecule has 0 aliphatic heterocycles. The van der Waals surface area contributed by atoms with Crippen LogP contribution in [0.25, 0.3) is 0 Å². The third-order valence-electron chi connectivity index (χ3n) is 0.694. The molecule has 1 N–H and O–H groups in total. The molecule has 1 atom stereocenters. The number of hydrogen-bond donors (Lipinski definition) is 1. The molecule has 2 heteroatoms. The van der Waals surface area contributed by atoms with Gasteiger partial charge in [-0.05, 0) is 6.92 Å². The van der Waals surface area contributed by atoms with Crippen molar-refractivity contribution in [2.24, 2.45) is 5.92 Å². The van der Waals surface area contributed by atoms with Gasteiger partial charge in [-0.1, -0.05) is 6.92 Å². The molecule has 1 amide bonds. The topological polar surface area (TPSA) is 29.1 Å². The minimum atomic E-state index is -0.134. The molecule has 0 heterocycles. The van der Waals surface area contributed by atoms with E-state index in [4.69, 9.17) is 0 Å². The average molecular weight is 100 g/mol. The molecule has 0 rings (SSSR count). The summed E-state index contributed by atoms with van der Waals surface area (Å²) in [5, 5.41) is 2.46. The molecule has 0 saturated heterocycles. The maximum absolute atomic E-state index is 10.3. The van der Waals surface area contributed by atoms with E-state index >= 15 is 0 Å². The van der Waals surface area contributed by atoms with Crippen LogP contribution in [0.15, 0.2) is 0 Å². The first-order valence-corrected chi connectivity index (χ1v) is 2.23. The Balaban J connectivity index is 3.35. The predicted molar refractivity (Wildman–Crippen MR) is 28.6 cm³/mol. The zero-order valence-electron chi connectivity index (χ0n) is 4.69. The van der Waals surface area contributed by atoms with Crippen LogP contribution in [0, 0.1) is 12.8 Å². The van der Waals surface area contributed by atoms with E-state index in [-0.39, 0.29) is 11.8 Å². The van der Waals surface area contributed by atoms with Gasteiger partial charge in [0.05, 0.1) is 0 Å². The van der Waals surface area contributed by atoms with Gasteiger partial charge in [0, 0.05) is 13.0 Å². The van der Waals surface area contributed by atoms with Crippen LogP contribution in [0.4, 0.5) is 0 Å². The average Bonchev–Trinajstić information content (AvgIpc) is 1.65. The van der Waals surface area contributed by atoms with Crippen molar-refractivity contribution in [3.63, 3.8) is 0 Å². The Kier molecular flexibility index (Phi) is 2.41.